The van der Waals surface area contributed by atoms with Crippen molar-refractivity contribution < 1.29 is 14.3 Å². The lowest BCUT2D eigenvalue weighted by atomic mass is 9.71. The summed E-state index contributed by atoms with van der Waals surface area (Å²) in [6.45, 7) is 3.10. The second-order valence-electron chi connectivity index (χ2n) is 7.64. The third-order valence-corrected chi connectivity index (χ3v) is 6.07. The monoisotopic (exact) mass is 396 g/mol. The van der Waals surface area contributed by atoms with E-state index >= 15 is 0 Å². The number of nitrogens with zero attached hydrogens (tertiary/aromatic N) is 4. The van der Waals surface area contributed by atoms with Gasteiger partial charge in [-0.25, -0.2) is 4.79 Å². The molecule has 0 N–H and O–H groups in total. The first kappa shape index (κ1) is 21.0. The van der Waals surface area contributed by atoms with Gasteiger partial charge < -0.3 is 14.4 Å². The molecule has 7 nitrogen and oxygen atoms in total. The third-order valence-electron chi connectivity index (χ3n) is 6.07. The molecule has 1 aliphatic carbocycles. The molecule has 29 heavy (non-hydrogen) atoms. The van der Waals surface area contributed by atoms with Gasteiger partial charge >= 0.3 is 6.09 Å². The summed E-state index contributed by atoms with van der Waals surface area (Å²) in [6, 6.07) is 6.75. The fourth-order valence-electron chi connectivity index (χ4n) is 4.35. The van der Waals surface area contributed by atoms with E-state index in [-0.39, 0.29) is 12.7 Å². The zero-order valence-corrected chi connectivity index (χ0v) is 17.0. The number of amides is 1. The molecule has 0 aromatic carbocycles. The van der Waals surface area contributed by atoms with Crippen molar-refractivity contribution in [3.05, 3.63) is 24.0 Å². The molecular formula is C22H28N4O3. The summed E-state index contributed by atoms with van der Waals surface area (Å²) in [7, 11) is 1.61. The molecule has 1 saturated heterocycles. The Kier molecular flexibility index (Phi) is 6.95. The summed E-state index contributed by atoms with van der Waals surface area (Å²) < 4.78 is 10.2. The number of terminal acetylenes is 1. The van der Waals surface area contributed by atoms with Crippen molar-refractivity contribution in [1.29, 1.82) is 5.26 Å². The van der Waals surface area contributed by atoms with Crippen LogP contribution in [0.5, 0.6) is 5.75 Å². The number of methoxy groups -OCH3 is 1. The largest absolute Gasteiger partial charge is 0.495 e. The number of aromatic nitrogens is 1. The van der Waals surface area contributed by atoms with Crippen LogP contribution in [0, 0.1) is 23.7 Å². The predicted molar refractivity (Wildman–Crippen MR) is 108 cm³/mol. The molecule has 0 unspecified atom stereocenters. The Morgan fingerprint density at radius 1 is 1.31 bits per heavy atom. The average Bonchev–Trinajstić information content (AvgIpc) is 3.04. The normalized spacial score (nSPS) is 25.3. The molecule has 1 aliphatic heterocycles. The molecule has 0 atom stereocenters. The quantitative estimate of drug-likeness (QED) is 0.728. The number of ether oxygens (including phenoxy) is 2. The smallest absolute Gasteiger partial charge is 0.410 e. The number of pyridine rings is 1. The van der Waals surface area contributed by atoms with Crippen LogP contribution < -0.4 is 4.74 Å². The molecule has 7 heteroatoms. The second-order valence-corrected chi connectivity index (χ2v) is 7.64. The molecule has 1 amide bonds. The van der Waals surface area contributed by atoms with Crippen LogP contribution in [0.1, 0.15) is 37.8 Å². The van der Waals surface area contributed by atoms with Crippen molar-refractivity contribution in [2.45, 2.75) is 43.6 Å². The summed E-state index contributed by atoms with van der Waals surface area (Å²) in [5, 5.41) is 9.92. The number of hydrogen-bond donors (Lipinski definition) is 0. The fraction of sp³-hybridized carbons (Fsp3) is 0.591. The van der Waals surface area contributed by atoms with Crippen molar-refractivity contribution in [3.8, 4) is 24.2 Å². The highest BCUT2D eigenvalue weighted by molar-refractivity contribution is 5.67. The topological polar surface area (TPSA) is 78.7 Å². The minimum Gasteiger partial charge on any atom is -0.495 e. The molecule has 3 rings (SSSR count). The van der Waals surface area contributed by atoms with E-state index in [1.54, 1.807) is 18.2 Å². The number of rotatable bonds is 4. The highest BCUT2D eigenvalue weighted by Crippen LogP contribution is 2.40. The van der Waals surface area contributed by atoms with E-state index < -0.39 is 5.41 Å². The minimum atomic E-state index is -0.528. The van der Waals surface area contributed by atoms with Gasteiger partial charge in [0.1, 0.15) is 5.75 Å². The van der Waals surface area contributed by atoms with Crippen LogP contribution in [0.4, 0.5) is 4.79 Å². The Hall–Kier alpha value is -2.77. The molecule has 0 bridgehead atoms. The van der Waals surface area contributed by atoms with Gasteiger partial charge in [-0.2, -0.15) is 5.26 Å². The van der Waals surface area contributed by atoms with Crippen LogP contribution in [0.3, 0.4) is 0 Å². The molecule has 154 valence electrons. The van der Waals surface area contributed by atoms with E-state index in [1.807, 2.05) is 12.1 Å². The van der Waals surface area contributed by atoms with Gasteiger partial charge in [-0.05, 0) is 44.2 Å². The van der Waals surface area contributed by atoms with E-state index in [9.17, 15) is 10.1 Å². The van der Waals surface area contributed by atoms with E-state index in [4.69, 9.17) is 15.9 Å². The molecule has 0 spiro atoms. The molecule has 1 aromatic heterocycles. The average molecular weight is 396 g/mol. The molecule has 2 fully saturated rings. The molecule has 1 saturated carbocycles. The molecule has 1 aromatic rings. The van der Waals surface area contributed by atoms with E-state index in [0.29, 0.717) is 24.9 Å². The minimum absolute atomic E-state index is 0.0112. The Bertz CT molecular complexity index is 773. The van der Waals surface area contributed by atoms with Gasteiger partial charge in [0, 0.05) is 32.2 Å². The van der Waals surface area contributed by atoms with Crippen molar-refractivity contribution in [2.24, 2.45) is 0 Å². The maximum atomic E-state index is 12.1. The Balaban J connectivity index is 1.57. The maximum Gasteiger partial charge on any atom is 0.410 e. The zero-order valence-electron chi connectivity index (χ0n) is 17.0. The Morgan fingerprint density at radius 2 is 2.10 bits per heavy atom. The van der Waals surface area contributed by atoms with Crippen molar-refractivity contribution in [2.75, 3.05) is 39.9 Å². The maximum absolute atomic E-state index is 12.1. The van der Waals surface area contributed by atoms with Crippen molar-refractivity contribution in [1.82, 2.24) is 14.8 Å². The van der Waals surface area contributed by atoms with Gasteiger partial charge in [0.2, 0.25) is 0 Å². The van der Waals surface area contributed by atoms with Crippen LogP contribution in [-0.4, -0.2) is 66.8 Å². The van der Waals surface area contributed by atoms with E-state index in [0.717, 1.165) is 50.9 Å². The van der Waals surface area contributed by atoms with Crippen LogP contribution in [0.25, 0.3) is 0 Å². The Morgan fingerprint density at radius 3 is 2.72 bits per heavy atom. The van der Waals surface area contributed by atoms with Crippen LogP contribution >= 0.6 is 0 Å². The molecule has 2 heterocycles. The molecule has 2 aliphatic rings. The summed E-state index contributed by atoms with van der Waals surface area (Å²) >= 11 is 0. The first-order valence-electron chi connectivity index (χ1n) is 10.1. The number of hydrogen-bond acceptors (Lipinski definition) is 6. The zero-order chi connectivity index (χ0) is 20.7. The third kappa shape index (κ3) is 4.81. The molecular weight excluding hydrogens is 368 g/mol. The van der Waals surface area contributed by atoms with Crippen LogP contribution in [0.2, 0.25) is 0 Å². The van der Waals surface area contributed by atoms with Crippen molar-refractivity contribution >= 4 is 6.09 Å². The van der Waals surface area contributed by atoms with Crippen molar-refractivity contribution in [3.63, 3.8) is 0 Å². The van der Waals surface area contributed by atoms with Gasteiger partial charge in [-0.1, -0.05) is 5.92 Å². The molecule has 0 radical (unpaired) electrons. The highest BCUT2D eigenvalue weighted by atomic mass is 16.6. The first-order valence-corrected chi connectivity index (χ1v) is 10.1. The SMILES string of the molecule is C#CCOC(=O)N1CCCN(C2CCC(C#N)(c3ccc(OC)cn3)CC2)CC1. The summed E-state index contributed by atoms with van der Waals surface area (Å²) in [5.74, 6) is 3.03. The summed E-state index contributed by atoms with van der Waals surface area (Å²) in [4.78, 5) is 20.7. The summed E-state index contributed by atoms with van der Waals surface area (Å²) in [6.07, 6.45) is 10.9. The number of carbonyl (C=O) groups is 1. The first-order chi connectivity index (χ1) is 14.1. The van der Waals surface area contributed by atoms with Crippen LogP contribution in [0.15, 0.2) is 18.3 Å². The highest BCUT2D eigenvalue weighted by Gasteiger charge is 2.40. The number of carbonyl (C=O) groups excluding carboxylic acids is 1. The standard InChI is InChI=1S/C22H28N4O3/c1-3-15-29-21(27)26-12-4-11-25(13-14-26)18-7-9-22(17-23,10-8-18)20-6-5-19(28-2)16-24-20/h1,5-6,16,18H,4,7-15H2,2H3. The fourth-order valence-corrected chi connectivity index (χ4v) is 4.35. The lowest BCUT2D eigenvalue weighted by molar-refractivity contribution is 0.110. The van der Waals surface area contributed by atoms with Gasteiger partial charge in [0.15, 0.2) is 6.61 Å². The lowest BCUT2D eigenvalue weighted by Gasteiger charge is -2.39. The van der Waals surface area contributed by atoms with E-state index in [2.05, 4.69) is 21.9 Å². The Labute approximate surface area is 172 Å². The van der Waals surface area contributed by atoms with Gasteiger partial charge in [-0.3, -0.25) is 9.88 Å². The van der Waals surface area contributed by atoms with Crippen LogP contribution in [-0.2, 0) is 10.2 Å². The van der Waals surface area contributed by atoms with Gasteiger partial charge in [-0.15, -0.1) is 6.42 Å². The second kappa shape index (κ2) is 9.62. The predicted octanol–water partition coefficient (Wildman–Crippen LogP) is 2.57. The van der Waals surface area contributed by atoms with Gasteiger partial charge in [0.25, 0.3) is 0 Å². The number of nitriles is 1. The lowest BCUT2D eigenvalue weighted by Crippen LogP contribution is -2.44. The van der Waals surface area contributed by atoms with E-state index in [1.165, 1.54) is 0 Å². The van der Waals surface area contributed by atoms with Gasteiger partial charge in [0.05, 0.1) is 30.5 Å². The summed E-state index contributed by atoms with van der Waals surface area (Å²) in [5.41, 5.74) is 0.303.